The second-order valence-corrected chi connectivity index (χ2v) is 7.75. The molecule has 3 nitrogen and oxygen atoms in total. The zero-order chi connectivity index (χ0) is 14.0. The Morgan fingerprint density at radius 2 is 1.68 bits per heavy atom. The van der Waals surface area contributed by atoms with Crippen LogP contribution >= 0.6 is 11.6 Å². The van der Waals surface area contributed by atoms with E-state index in [-0.39, 0.29) is 0 Å². The highest BCUT2D eigenvalue weighted by Gasteiger charge is 2.31. The number of benzene rings is 1. The molecule has 0 radical (unpaired) electrons. The first-order valence-electron chi connectivity index (χ1n) is 6.58. The topological polar surface area (TPSA) is 37.4 Å². The standard InChI is InChI=1S/C14H20ClNO2S/c1-11-7-12(2)10-16(9-11)19(17,18)14-5-3-13(8-15)4-6-14/h3-6,11-12H,7-10H2,1-2H3. The average molecular weight is 302 g/mol. The Hall–Kier alpha value is -0.580. The van der Waals surface area contributed by atoms with Crippen molar-refractivity contribution in [2.75, 3.05) is 13.1 Å². The van der Waals surface area contributed by atoms with Gasteiger partial charge in [-0.15, -0.1) is 11.6 Å². The molecule has 0 N–H and O–H groups in total. The number of sulfonamides is 1. The number of piperidine rings is 1. The SMILES string of the molecule is CC1CC(C)CN(S(=O)(=O)c2ccc(CCl)cc2)C1. The van der Waals surface area contributed by atoms with Gasteiger partial charge in [0.1, 0.15) is 0 Å². The third-order valence-electron chi connectivity index (χ3n) is 3.55. The van der Waals surface area contributed by atoms with Crippen LogP contribution in [0, 0.1) is 11.8 Å². The minimum Gasteiger partial charge on any atom is -0.207 e. The molecule has 0 aromatic heterocycles. The Kier molecular flexibility index (Phi) is 4.54. The summed E-state index contributed by atoms with van der Waals surface area (Å²) >= 11 is 5.72. The smallest absolute Gasteiger partial charge is 0.207 e. The molecule has 0 aliphatic carbocycles. The number of rotatable bonds is 3. The summed E-state index contributed by atoms with van der Waals surface area (Å²) in [5, 5.41) is 0. The lowest BCUT2D eigenvalue weighted by molar-refractivity contribution is 0.222. The molecule has 1 heterocycles. The molecule has 0 bridgehead atoms. The van der Waals surface area contributed by atoms with Crippen LogP contribution in [-0.4, -0.2) is 25.8 Å². The van der Waals surface area contributed by atoms with Gasteiger partial charge in [0.25, 0.3) is 0 Å². The van der Waals surface area contributed by atoms with E-state index in [2.05, 4.69) is 13.8 Å². The summed E-state index contributed by atoms with van der Waals surface area (Å²) in [4.78, 5) is 0.364. The van der Waals surface area contributed by atoms with Crippen LogP contribution in [0.1, 0.15) is 25.8 Å². The van der Waals surface area contributed by atoms with Gasteiger partial charge in [-0.1, -0.05) is 26.0 Å². The van der Waals surface area contributed by atoms with Gasteiger partial charge < -0.3 is 0 Å². The van der Waals surface area contributed by atoms with Crippen LogP contribution in [0.2, 0.25) is 0 Å². The van der Waals surface area contributed by atoms with Gasteiger partial charge in [0.05, 0.1) is 4.90 Å². The monoisotopic (exact) mass is 301 g/mol. The first-order valence-corrected chi connectivity index (χ1v) is 8.56. The Morgan fingerprint density at radius 1 is 1.16 bits per heavy atom. The molecule has 2 unspecified atom stereocenters. The molecule has 5 heteroatoms. The number of hydrogen-bond donors (Lipinski definition) is 0. The summed E-state index contributed by atoms with van der Waals surface area (Å²) in [5.74, 6) is 1.24. The number of hydrogen-bond acceptors (Lipinski definition) is 2. The van der Waals surface area contributed by atoms with E-state index in [1.807, 2.05) is 0 Å². The Labute approximate surface area is 120 Å². The second kappa shape index (κ2) is 5.81. The molecule has 1 aromatic carbocycles. The van der Waals surface area contributed by atoms with E-state index in [1.165, 1.54) is 0 Å². The van der Waals surface area contributed by atoms with Crippen LogP contribution in [0.3, 0.4) is 0 Å². The van der Waals surface area contributed by atoms with Crippen molar-refractivity contribution < 1.29 is 8.42 Å². The largest absolute Gasteiger partial charge is 0.243 e. The minimum atomic E-state index is -3.36. The molecule has 0 spiro atoms. The Morgan fingerprint density at radius 3 is 2.16 bits per heavy atom. The lowest BCUT2D eigenvalue weighted by Crippen LogP contribution is -2.42. The molecule has 0 amide bonds. The van der Waals surface area contributed by atoms with Crippen molar-refractivity contribution in [2.45, 2.75) is 31.0 Å². The molecule has 1 aliphatic heterocycles. The fourth-order valence-electron chi connectivity index (χ4n) is 2.70. The minimum absolute atomic E-state index is 0.364. The van der Waals surface area contributed by atoms with Crippen LogP contribution < -0.4 is 0 Å². The summed E-state index contributed by atoms with van der Waals surface area (Å²) < 4.78 is 26.8. The predicted octanol–water partition coefficient (Wildman–Crippen LogP) is 3.09. The van der Waals surface area contributed by atoms with Gasteiger partial charge in [-0.2, -0.15) is 4.31 Å². The van der Waals surface area contributed by atoms with Crippen LogP contribution in [0.5, 0.6) is 0 Å². The summed E-state index contributed by atoms with van der Waals surface area (Å²) in [7, 11) is -3.36. The highest BCUT2D eigenvalue weighted by molar-refractivity contribution is 7.89. The van der Waals surface area contributed by atoms with Crippen LogP contribution in [-0.2, 0) is 15.9 Å². The van der Waals surface area contributed by atoms with Crippen molar-refractivity contribution in [1.29, 1.82) is 0 Å². The molecule has 2 rings (SSSR count). The first-order chi connectivity index (χ1) is 8.93. The van der Waals surface area contributed by atoms with E-state index >= 15 is 0 Å². The molecule has 106 valence electrons. The van der Waals surface area contributed by atoms with Crippen LogP contribution in [0.15, 0.2) is 29.2 Å². The van der Waals surface area contributed by atoms with E-state index in [9.17, 15) is 8.42 Å². The van der Waals surface area contributed by atoms with Crippen LogP contribution in [0.4, 0.5) is 0 Å². The molecule has 1 saturated heterocycles. The highest BCUT2D eigenvalue weighted by atomic mass is 35.5. The summed E-state index contributed by atoms with van der Waals surface area (Å²) in [6.45, 7) is 5.44. The van der Waals surface area contributed by atoms with E-state index < -0.39 is 10.0 Å². The highest BCUT2D eigenvalue weighted by Crippen LogP contribution is 2.26. The predicted molar refractivity (Wildman–Crippen MR) is 77.7 cm³/mol. The zero-order valence-electron chi connectivity index (χ0n) is 11.3. The van der Waals surface area contributed by atoms with Gasteiger partial charge in [-0.25, -0.2) is 8.42 Å². The quantitative estimate of drug-likeness (QED) is 0.805. The zero-order valence-corrected chi connectivity index (χ0v) is 12.9. The maximum absolute atomic E-state index is 12.6. The third-order valence-corrected chi connectivity index (χ3v) is 5.71. The third kappa shape index (κ3) is 3.30. The number of alkyl halides is 1. The van der Waals surface area contributed by atoms with Crippen LogP contribution in [0.25, 0.3) is 0 Å². The summed E-state index contributed by atoms with van der Waals surface area (Å²) in [6.07, 6.45) is 1.09. The van der Waals surface area contributed by atoms with E-state index in [4.69, 9.17) is 11.6 Å². The Bertz CT molecular complexity index is 517. The van der Waals surface area contributed by atoms with E-state index in [0.29, 0.717) is 35.7 Å². The Balaban J connectivity index is 2.25. The van der Waals surface area contributed by atoms with E-state index in [1.54, 1.807) is 28.6 Å². The van der Waals surface area contributed by atoms with Crippen molar-refractivity contribution in [1.82, 2.24) is 4.31 Å². The summed E-state index contributed by atoms with van der Waals surface area (Å²) in [5.41, 5.74) is 0.931. The van der Waals surface area contributed by atoms with Gasteiger partial charge >= 0.3 is 0 Å². The molecule has 19 heavy (non-hydrogen) atoms. The first kappa shape index (κ1) is 14.8. The lowest BCUT2D eigenvalue weighted by atomic mass is 9.94. The second-order valence-electron chi connectivity index (χ2n) is 5.55. The van der Waals surface area contributed by atoms with Crippen molar-refractivity contribution in [3.8, 4) is 0 Å². The number of halogens is 1. The molecule has 1 aliphatic rings. The van der Waals surface area contributed by atoms with Gasteiger partial charge in [0.15, 0.2) is 0 Å². The van der Waals surface area contributed by atoms with Gasteiger partial charge in [0, 0.05) is 19.0 Å². The normalized spacial score (nSPS) is 25.4. The fraction of sp³-hybridized carbons (Fsp3) is 0.571. The van der Waals surface area contributed by atoms with Crippen molar-refractivity contribution in [2.24, 2.45) is 11.8 Å². The molecule has 0 saturated carbocycles. The maximum Gasteiger partial charge on any atom is 0.243 e. The average Bonchev–Trinajstić information content (AvgIpc) is 2.37. The van der Waals surface area contributed by atoms with Gasteiger partial charge in [0.2, 0.25) is 10.0 Å². The fourth-order valence-corrected chi connectivity index (χ4v) is 4.56. The molecular formula is C14H20ClNO2S. The van der Waals surface area contributed by atoms with Crippen molar-refractivity contribution >= 4 is 21.6 Å². The van der Waals surface area contributed by atoms with Gasteiger partial charge in [-0.3, -0.25) is 0 Å². The molecular weight excluding hydrogens is 282 g/mol. The van der Waals surface area contributed by atoms with Crippen molar-refractivity contribution in [3.05, 3.63) is 29.8 Å². The molecule has 1 fully saturated rings. The van der Waals surface area contributed by atoms with Gasteiger partial charge in [-0.05, 0) is 36.0 Å². The maximum atomic E-state index is 12.6. The molecule has 2 atom stereocenters. The summed E-state index contributed by atoms with van der Waals surface area (Å²) in [6, 6.07) is 6.85. The van der Waals surface area contributed by atoms with E-state index in [0.717, 1.165) is 12.0 Å². The lowest BCUT2D eigenvalue weighted by Gasteiger charge is -2.34. The van der Waals surface area contributed by atoms with Crippen molar-refractivity contribution in [3.63, 3.8) is 0 Å². The molecule has 1 aromatic rings. The number of nitrogens with zero attached hydrogens (tertiary/aromatic N) is 1.